The summed E-state index contributed by atoms with van der Waals surface area (Å²) < 4.78 is 4.79. The average molecular weight is 184 g/mol. The summed E-state index contributed by atoms with van der Waals surface area (Å²) in [5, 5.41) is 2.74. The molecule has 14 heavy (non-hydrogen) atoms. The van der Waals surface area contributed by atoms with Crippen LogP contribution in [0, 0.1) is 0 Å². The van der Waals surface area contributed by atoms with Gasteiger partial charge in [0.25, 0.3) is 0 Å². The standard InChI is InChI=1S/C10H11NO2.Li/c12-10-11-9(7-13-10)6-8-4-2-1-3-5-8;/h1-5,9H,6-7H2,(H,11,12);/t9-;/m1./s1. The minimum atomic E-state index is -0.305. The van der Waals surface area contributed by atoms with Crippen molar-refractivity contribution < 1.29 is 9.53 Å². The van der Waals surface area contributed by atoms with E-state index in [2.05, 4.69) is 5.32 Å². The van der Waals surface area contributed by atoms with Gasteiger partial charge in [-0.15, -0.1) is 0 Å². The maximum atomic E-state index is 10.7. The third kappa shape index (κ3) is 2.80. The fourth-order valence-electron chi connectivity index (χ4n) is 1.43. The molecule has 1 N–H and O–H groups in total. The zero-order chi connectivity index (χ0) is 9.10. The number of benzene rings is 1. The molecule has 0 saturated carbocycles. The normalized spacial score (nSPS) is 19.4. The Morgan fingerprint density at radius 3 is 2.64 bits per heavy atom. The minimum Gasteiger partial charge on any atom is -0.447 e. The van der Waals surface area contributed by atoms with Crippen LogP contribution in [0.1, 0.15) is 5.56 Å². The summed E-state index contributed by atoms with van der Waals surface area (Å²) in [5.41, 5.74) is 1.22. The van der Waals surface area contributed by atoms with Crippen molar-refractivity contribution in [2.45, 2.75) is 12.5 Å². The van der Waals surface area contributed by atoms with Crippen LogP contribution in [0.15, 0.2) is 30.3 Å². The summed E-state index contributed by atoms with van der Waals surface area (Å²) in [6, 6.07) is 10.2. The molecule has 1 atom stereocenters. The van der Waals surface area contributed by atoms with Crippen molar-refractivity contribution in [3.05, 3.63) is 35.9 Å². The van der Waals surface area contributed by atoms with Gasteiger partial charge >= 0.3 is 6.09 Å². The average Bonchev–Trinajstić information content (AvgIpc) is 2.53. The number of amides is 1. The first-order valence-electron chi connectivity index (χ1n) is 4.32. The summed E-state index contributed by atoms with van der Waals surface area (Å²) in [4.78, 5) is 10.7. The van der Waals surface area contributed by atoms with Crippen molar-refractivity contribution in [1.82, 2.24) is 5.32 Å². The van der Waals surface area contributed by atoms with Gasteiger partial charge in [-0.3, -0.25) is 0 Å². The zero-order valence-electron chi connectivity index (χ0n) is 8.19. The van der Waals surface area contributed by atoms with E-state index < -0.39 is 0 Å². The van der Waals surface area contributed by atoms with Gasteiger partial charge in [-0.25, -0.2) is 4.79 Å². The van der Waals surface area contributed by atoms with Crippen LogP contribution >= 0.6 is 0 Å². The molecule has 1 aromatic carbocycles. The molecule has 2 rings (SSSR count). The Hall–Kier alpha value is -0.913. The smallest absolute Gasteiger partial charge is 0.407 e. The summed E-state index contributed by atoms with van der Waals surface area (Å²) in [6.07, 6.45) is 0.535. The number of carbonyl (C=O) groups excluding carboxylic acids is 1. The van der Waals surface area contributed by atoms with Crippen molar-refractivity contribution in [2.24, 2.45) is 0 Å². The first-order chi connectivity index (χ1) is 6.34. The van der Waals surface area contributed by atoms with E-state index in [9.17, 15) is 4.79 Å². The summed E-state index contributed by atoms with van der Waals surface area (Å²) in [7, 11) is 0. The molecule has 0 aliphatic carbocycles. The number of carbonyl (C=O) groups is 1. The van der Waals surface area contributed by atoms with Crippen molar-refractivity contribution >= 4 is 25.0 Å². The number of hydrogen-bond acceptors (Lipinski definition) is 2. The number of alkyl carbamates (subject to hydrolysis) is 1. The molecule has 1 aliphatic rings. The van der Waals surface area contributed by atoms with Gasteiger partial charge in [0.1, 0.15) is 6.61 Å². The molecule has 1 heterocycles. The van der Waals surface area contributed by atoms with Crippen LogP contribution in [-0.4, -0.2) is 37.6 Å². The Balaban J connectivity index is 0.000000980. The second-order valence-corrected chi connectivity index (χ2v) is 3.13. The molecule has 1 aliphatic heterocycles. The van der Waals surface area contributed by atoms with Gasteiger partial charge in [0.2, 0.25) is 0 Å². The molecule has 0 unspecified atom stereocenters. The van der Waals surface area contributed by atoms with E-state index in [4.69, 9.17) is 4.74 Å². The molecular formula is C10H11LiNO2. The number of ether oxygens (including phenoxy) is 1. The summed E-state index contributed by atoms with van der Waals surface area (Å²) >= 11 is 0. The maximum absolute atomic E-state index is 10.7. The van der Waals surface area contributed by atoms with Gasteiger partial charge in [-0.05, 0) is 12.0 Å². The molecule has 1 fully saturated rings. The second-order valence-electron chi connectivity index (χ2n) is 3.13. The predicted molar refractivity (Wildman–Crippen MR) is 54.2 cm³/mol. The molecule has 1 aromatic rings. The molecule has 1 saturated heterocycles. The third-order valence-corrected chi connectivity index (χ3v) is 2.06. The zero-order valence-corrected chi connectivity index (χ0v) is 8.19. The topological polar surface area (TPSA) is 38.3 Å². The summed E-state index contributed by atoms with van der Waals surface area (Å²) in [5.74, 6) is 0. The molecule has 3 nitrogen and oxygen atoms in total. The van der Waals surface area contributed by atoms with E-state index in [-0.39, 0.29) is 31.0 Å². The Morgan fingerprint density at radius 2 is 2.07 bits per heavy atom. The SMILES string of the molecule is O=C1N[C@H](Cc2ccccc2)CO1.[Li]. The molecule has 0 spiro atoms. The van der Waals surface area contributed by atoms with E-state index >= 15 is 0 Å². The summed E-state index contributed by atoms with van der Waals surface area (Å²) in [6.45, 7) is 0.480. The van der Waals surface area contributed by atoms with Crippen LogP contribution in [0.2, 0.25) is 0 Å². The first-order valence-corrected chi connectivity index (χ1v) is 4.32. The second kappa shape index (κ2) is 5.09. The van der Waals surface area contributed by atoms with Crippen molar-refractivity contribution in [3.63, 3.8) is 0 Å². The molecule has 69 valence electrons. The fourth-order valence-corrected chi connectivity index (χ4v) is 1.43. The van der Waals surface area contributed by atoms with Crippen LogP contribution in [-0.2, 0) is 11.2 Å². The molecule has 0 aromatic heterocycles. The first kappa shape index (κ1) is 11.2. The van der Waals surface area contributed by atoms with Gasteiger partial charge in [0.15, 0.2) is 0 Å². The minimum absolute atomic E-state index is 0. The molecule has 1 radical (unpaired) electrons. The quantitative estimate of drug-likeness (QED) is 0.695. The van der Waals surface area contributed by atoms with Gasteiger partial charge in [-0.1, -0.05) is 30.3 Å². The number of nitrogens with one attached hydrogen (secondary N) is 1. The Morgan fingerprint density at radius 1 is 1.36 bits per heavy atom. The van der Waals surface area contributed by atoms with Gasteiger partial charge in [0, 0.05) is 18.9 Å². The monoisotopic (exact) mass is 184 g/mol. The van der Waals surface area contributed by atoms with E-state index in [0.717, 1.165) is 6.42 Å². The number of rotatable bonds is 2. The van der Waals surface area contributed by atoms with Crippen molar-refractivity contribution in [1.29, 1.82) is 0 Å². The van der Waals surface area contributed by atoms with E-state index in [0.29, 0.717) is 6.61 Å². The molecule has 0 bridgehead atoms. The third-order valence-electron chi connectivity index (χ3n) is 2.06. The largest absolute Gasteiger partial charge is 0.447 e. The number of cyclic esters (lactones) is 1. The van der Waals surface area contributed by atoms with Crippen LogP contribution in [0.4, 0.5) is 4.79 Å². The molecule has 4 heteroatoms. The van der Waals surface area contributed by atoms with Crippen molar-refractivity contribution in [2.75, 3.05) is 6.61 Å². The maximum Gasteiger partial charge on any atom is 0.407 e. The van der Waals surface area contributed by atoms with Gasteiger partial charge < -0.3 is 10.1 Å². The van der Waals surface area contributed by atoms with Crippen LogP contribution in [0.5, 0.6) is 0 Å². The van der Waals surface area contributed by atoms with Crippen molar-refractivity contribution in [3.8, 4) is 0 Å². The predicted octanol–water partition coefficient (Wildman–Crippen LogP) is 0.957. The Labute approximate surface area is 95.0 Å². The van der Waals surface area contributed by atoms with E-state index in [1.807, 2.05) is 30.3 Å². The van der Waals surface area contributed by atoms with E-state index in [1.165, 1.54) is 5.56 Å². The Bertz CT molecular complexity index is 302. The fraction of sp³-hybridized carbons (Fsp3) is 0.300. The van der Waals surface area contributed by atoms with Crippen LogP contribution in [0.25, 0.3) is 0 Å². The van der Waals surface area contributed by atoms with Gasteiger partial charge in [0.05, 0.1) is 6.04 Å². The van der Waals surface area contributed by atoms with Gasteiger partial charge in [-0.2, -0.15) is 0 Å². The Kier molecular flexibility index (Phi) is 4.06. The van der Waals surface area contributed by atoms with E-state index in [1.54, 1.807) is 0 Å². The molecular weight excluding hydrogens is 173 g/mol. The van der Waals surface area contributed by atoms with Crippen LogP contribution < -0.4 is 5.32 Å². The van der Waals surface area contributed by atoms with Crippen LogP contribution in [0.3, 0.4) is 0 Å². The molecule has 1 amide bonds. The number of hydrogen-bond donors (Lipinski definition) is 1.